The van der Waals surface area contributed by atoms with Crippen LogP contribution in [0.1, 0.15) is 30.9 Å². The first-order valence-corrected chi connectivity index (χ1v) is 11.0. The van der Waals surface area contributed by atoms with Crippen LogP contribution in [0.15, 0.2) is 59.6 Å². The first-order chi connectivity index (χ1) is 15.4. The van der Waals surface area contributed by atoms with Crippen molar-refractivity contribution in [2.75, 3.05) is 31.1 Å². The van der Waals surface area contributed by atoms with Crippen molar-refractivity contribution in [2.24, 2.45) is 4.99 Å². The van der Waals surface area contributed by atoms with E-state index < -0.39 is 12.8 Å². The number of rotatable bonds is 8. The zero-order valence-electron chi connectivity index (χ0n) is 18.4. The maximum absolute atomic E-state index is 12.3. The van der Waals surface area contributed by atoms with Crippen LogP contribution in [-0.2, 0) is 17.9 Å². The Morgan fingerprint density at radius 1 is 1.06 bits per heavy atom. The smallest absolute Gasteiger partial charge is 0.371 e. The van der Waals surface area contributed by atoms with Gasteiger partial charge in [0.05, 0.1) is 13.2 Å². The Hall–Kier alpha value is -2.74. The summed E-state index contributed by atoms with van der Waals surface area (Å²) in [5.41, 5.74) is 2.88. The van der Waals surface area contributed by atoms with Gasteiger partial charge in [-0.25, -0.2) is 4.99 Å². The average Bonchev–Trinajstić information content (AvgIpc) is 2.78. The molecule has 0 spiro atoms. The van der Waals surface area contributed by atoms with Gasteiger partial charge in [-0.1, -0.05) is 42.5 Å². The molecule has 1 fully saturated rings. The largest absolute Gasteiger partial charge is 0.411 e. The summed E-state index contributed by atoms with van der Waals surface area (Å²) in [6.45, 7) is 3.86. The second-order valence-corrected chi connectivity index (χ2v) is 7.86. The summed E-state index contributed by atoms with van der Waals surface area (Å²) in [7, 11) is 0. The molecule has 1 heterocycles. The van der Waals surface area contributed by atoms with Crippen LogP contribution >= 0.6 is 0 Å². The van der Waals surface area contributed by atoms with Gasteiger partial charge in [-0.05, 0) is 43.0 Å². The van der Waals surface area contributed by atoms with Gasteiger partial charge in [-0.2, -0.15) is 13.2 Å². The van der Waals surface area contributed by atoms with Gasteiger partial charge in [-0.15, -0.1) is 0 Å². The minimum atomic E-state index is -4.31. The van der Waals surface area contributed by atoms with Gasteiger partial charge in [0.15, 0.2) is 5.96 Å². The van der Waals surface area contributed by atoms with Crippen LogP contribution in [0.2, 0.25) is 0 Å². The lowest BCUT2D eigenvalue weighted by Crippen LogP contribution is -2.48. The van der Waals surface area contributed by atoms with E-state index >= 15 is 0 Å². The summed E-state index contributed by atoms with van der Waals surface area (Å²) in [6, 6.07) is 18.1. The van der Waals surface area contributed by atoms with Crippen LogP contribution in [0.5, 0.6) is 0 Å². The SMILES string of the molecule is CCNC(=NCc1cccc(COCC(F)(F)F)c1)NC1CCN(c2ccccc2)CC1. The molecule has 0 atom stereocenters. The number of alkyl halides is 3. The van der Waals surface area contributed by atoms with Gasteiger partial charge in [-0.3, -0.25) is 0 Å². The topological polar surface area (TPSA) is 48.9 Å². The molecule has 0 bridgehead atoms. The number of para-hydroxylation sites is 1. The third kappa shape index (κ3) is 8.07. The fourth-order valence-corrected chi connectivity index (χ4v) is 3.71. The number of hydrogen-bond donors (Lipinski definition) is 2. The molecule has 0 unspecified atom stereocenters. The first-order valence-electron chi connectivity index (χ1n) is 11.0. The van der Waals surface area contributed by atoms with Gasteiger partial charge < -0.3 is 20.3 Å². The lowest BCUT2D eigenvalue weighted by atomic mass is 10.0. The minimum Gasteiger partial charge on any atom is -0.371 e. The van der Waals surface area contributed by atoms with Crippen molar-refractivity contribution in [3.63, 3.8) is 0 Å². The Morgan fingerprint density at radius 2 is 1.78 bits per heavy atom. The minimum absolute atomic E-state index is 0.0740. The molecule has 8 heteroatoms. The molecule has 32 heavy (non-hydrogen) atoms. The van der Waals surface area contributed by atoms with Gasteiger partial charge in [0.2, 0.25) is 0 Å². The number of guanidine groups is 1. The summed E-state index contributed by atoms with van der Waals surface area (Å²) in [6.07, 6.45) is -2.28. The second-order valence-electron chi connectivity index (χ2n) is 7.86. The van der Waals surface area contributed by atoms with Crippen molar-refractivity contribution >= 4 is 11.6 Å². The normalized spacial score (nSPS) is 15.6. The first kappa shape index (κ1) is 23.9. The number of aliphatic imine (C=N–C) groups is 1. The van der Waals surface area contributed by atoms with Crippen LogP contribution in [-0.4, -0.2) is 44.4 Å². The fraction of sp³-hybridized carbons (Fsp3) is 0.458. The summed E-state index contributed by atoms with van der Waals surface area (Å²) in [4.78, 5) is 7.07. The molecular formula is C24H31F3N4O. The van der Waals surface area contributed by atoms with Crippen molar-refractivity contribution in [1.82, 2.24) is 10.6 Å². The molecule has 1 aliphatic heterocycles. The highest BCUT2D eigenvalue weighted by Crippen LogP contribution is 2.19. The highest BCUT2D eigenvalue weighted by molar-refractivity contribution is 5.80. The Morgan fingerprint density at radius 3 is 2.47 bits per heavy atom. The molecule has 5 nitrogen and oxygen atoms in total. The Labute approximate surface area is 187 Å². The predicted molar refractivity (Wildman–Crippen MR) is 122 cm³/mol. The number of nitrogens with zero attached hydrogens (tertiary/aromatic N) is 2. The Balaban J connectivity index is 1.51. The molecule has 1 saturated heterocycles. The lowest BCUT2D eigenvalue weighted by molar-refractivity contribution is -0.176. The third-order valence-corrected chi connectivity index (χ3v) is 5.25. The van der Waals surface area contributed by atoms with Crippen molar-refractivity contribution < 1.29 is 17.9 Å². The number of hydrogen-bond acceptors (Lipinski definition) is 3. The summed E-state index contributed by atoms with van der Waals surface area (Å²) in [5, 5.41) is 6.81. The Bertz CT molecular complexity index is 850. The van der Waals surface area contributed by atoms with E-state index in [0.29, 0.717) is 18.2 Å². The van der Waals surface area contributed by atoms with Crippen LogP contribution in [0.4, 0.5) is 18.9 Å². The molecular weight excluding hydrogens is 417 g/mol. The van der Waals surface area contributed by atoms with E-state index in [9.17, 15) is 13.2 Å². The zero-order valence-corrected chi connectivity index (χ0v) is 18.4. The summed E-state index contributed by atoms with van der Waals surface area (Å²) < 4.78 is 41.5. The molecule has 3 rings (SSSR count). The van der Waals surface area contributed by atoms with Crippen LogP contribution < -0.4 is 15.5 Å². The number of benzene rings is 2. The summed E-state index contributed by atoms with van der Waals surface area (Å²) in [5.74, 6) is 0.754. The molecule has 1 aliphatic rings. The van der Waals surface area contributed by atoms with E-state index in [2.05, 4.69) is 44.8 Å². The lowest BCUT2D eigenvalue weighted by Gasteiger charge is -2.34. The van der Waals surface area contributed by atoms with E-state index in [0.717, 1.165) is 44.0 Å². The van der Waals surface area contributed by atoms with E-state index in [4.69, 9.17) is 4.74 Å². The van der Waals surface area contributed by atoms with E-state index in [1.54, 1.807) is 6.07 Å². The number of ether oxygens (including phenoxy) is 1. The van der Waals surface area contributed by atoms with Crippen molar-refractivity contribution in [2.45, 2.75) is 45.1 Å². The van der Waals surface area contributed by atoms with Crippen molar-refractivity contribution in [3.05, 3.63) is 65.7 Å². The van der Waals surface area contributed by atoms with Gasteiger partial charge in [0.25, 0.3) is 0 Å². The third-order valence-electron chi connectivity index (χ3n) is 5.25. The molecule has 174 valence electrons. The number of piperidine rings is 1. The zero-order chi connectivity index (χ0) is 22.8. The predicted octanol–water partition coefficient (Wildman–Crippen LogP) is 4.49. The van der Waals surface area contributed by atoms with Crippen LogP contribution in [0.3, 0.4) is 0 Å². The maximum atomic E-state index is 12.3. The van der Waals surface area contributed by atoms with E-state index in [1.807, 2.05) is 31.2 Å². The Kier molecular flexibility index (Phi) is 8.79. The van der Waals surface area contributed by atoms with Gasteiger partial charge in [0.1, 0.15) is 6.61 Å². The molecule has 0 amide bonds. The average molecular weight is 449 g/mol. The molecule has 2 N–H and O–H groups in total. The molecule has 0 aliphatic carbocycles. The quantitative estimate of drug-likeness (QED) is 0.462. The highest BCUT2D eigenvalue weighted by atomic mass is 19.4. The molecule has 2 aromatic rings. The van der Waals surface area contributed by atoms with E-state index in [1.165, 1.54) is 5.69 Å². The molecule has 0 radical (unpaired) electrons. The number of anilines is 1. The van der Waals surface area contributed by atoms with Crippen molar-refractivity contribution in [1.29, 1.82) is 0 Å². The maximum Gasteiger partial charge on any atom is 0.411 e. The second kappa shape index (κ2) is 11.8. The fourth-order valence-electron chi connectivity index (χ4n) is 3.71. The van der Waals surface area contributed by atoms with Crippen molar-refractivity contribution in [3.8, 4) is 0 Å². The van der Waals surface area contributed by atoms with Gasteiger partial charge in [0, 0.05) is 31.4 Å². The van der Waals surface area contributed by atoms with E-state index in [-0.39, 0.29) is 6.61 Å². The molecule has 0 aromatic heterocycles. The monoisotopic (exact) mass is 448 g/mol. The number of nitrogens with one attached hydrogen (secondary N) is 2. The standard InChI is InChI=1S/C24H31F3N4O/c1-2-28-23(30-21-11-13-31(14-12-21)22-9-4-3-5-10-22)29-16-19-7-6-8-20(15-19)17-32-18-24(25,26)27/h3-10,15,21H,2,11-14,16-18H2,1H3,(H2,28,29,30). The number of halogens is 3. The molecule has 0 saturated carbocycles. The molecule has 2 aromatic carbocycles. The van der Waals surface area contributed by atoms with Crippen LogP contribution in [0.25, 0.3) is 0 Å². The van der Waals surface area contributed by atoms with Crippen LogP contribution in [0, 0.1) is 0 Å². The highest BCUT2D eigenvalue weighted by Gasteiger charge is 2.27. The van der Waals surface area contributed by atoms with Gasteiger partial charge >= 0.3 is 6.18 Å². The summed E-state index contributed by atoms with van der Waals surface area (Å²) >= 11 is 0.